The molecule has 2 aromatic rings. The zero-order valence-electron chi connectivity index (χ0n) is 16.9. The van der Waals surface area contributed by atoms with Gasteiger partial charge in [0.05, 0.1) is 18.2 Å². The molecule has 4 nitrogen and oxygen atoms in total. The number of ketones is 1. The van der Waals surface area contributed by atoms with Gasteiger partial charge in [0, 0.05) is 19.3 Å². The Morgan fingerprint density at radius 2 is 2.11 bits per heavy atom. The monoisotopic (exact) mass is 379 g/mol. The molecule has 4 heteroatoms. The molecule has 0 N–H and O–H groups in total. The molecule has 1 aromatic carbocycles. The van der Waals surface area contributed by atoms with Crippen LogP contribution in [0.15, 0.2) is 34.8 Å². The first-order valence-corrected chi connectivity index (χ1v) is 10.6. The topological polar surface area (TPSA) is 52.3 Å². The fourth-order valence-corrected chi connectivity index (χ4v) is 4.40. The van der Waals surface area contributed by atoms with Crippen molar-refractivity contribution in [3.8, 4) is 5.75 Å². The number of aromatic nitrogens is 1. The lowest BCUT2D eigenvalue weighted by Crippen LogP contribution is -2.07. The van der Waals surface area contributed by atoms with Gasteiger partial charge in [-0.15, -0.1) is 0 Å². The largest absolute Gasteiger partial charge is 0.493 e. The highest BCUT2D eigenvalue weighted by Crippen LogP contribution is 2.37. The van der Waals surface area contributed by atoms with Crippen molar-refractivity contribution in [1.29, 1.82) is 0 Å². The van der Waals surface area contributed by atoms with Crippen molar-refractivity contribution in [1.82, 2.24) is 4.98 Å². The van der Waals surface area contributed by atoms with Gasteiger partial charge in [-0.3, -0.25) is 4.79 Å². The summed E-state index contributed by atoms with van der Waals surface area (Å²) in [5.74, 6) is 3.63. The summed E-state index contributed by atoms with van der Waals surface area (Å²) in [6.45, 7) is 4.94. The summed E-state index contributed by atoms with van der Waals surface area (Å²) in [5, 5.41) is 0. The van der Waals surface area contributed by atoms with Gasteiger partial charge in [-0.1, -0.05) is 26.0 Å². The molecular weight excluding hydrogens is 350 g/mol. The number of carbonyl (C=O) groups excluding carboxylic acids is 1. The van der Waals surface area contributed by atoms with E-state index < -0.39 is 0 Å². The van der Waals surface area contributed by atoms with Gasteiger partial charge in [0.15, 0.2) is 5.78 Å². The van der Waals surface area contributed by atoms with E-state index in [-0.39, 0.29) is 11.7 Å². The highest BCUT2D eigenvalue weighted by Gasteiger charge is 2.23. The Hall–Kier alpha value is -2.36. The van der Waals surface area contributed by atoms with E-state index in [0.29, 0.717) is 18.9 Å². The van der Waals surface area contributed by atoms with Gasteiger partial charge < -0.3 is 9.15 Å². The Labute approximate surface area is 167 Å². The second-order valence-electron chi connectivity index (χ2n) is 7.85. The molecule has 0 saturated carbocycles. The van der Waals surface area contributed by atoms with Crippen LogP contribution in [0.4, 0.5) is 0 Å². The van der Waals surface area contributed by atoms with Crippen LogP contribution in [-0.4, -0.2) is 17.4 Å². The number of benzene rings is 1. The Kier molecular flexibility index (Phi) is 5.65. The quantitative estimate of drug-likeness (QED) is 0.655. The van der Waals surface area contributed by atoms with E-state index in [0.717, 1.165) is 48.8 Å². The molecule has 148 valence electrons. The second kappa shape index (κ2) is 8.34. The standard InChI is InChI=1S/C24H29NO3/c1-3-16-5-6-18-15-20(11-12-21(16)18)27-14-13-22-23(4-2)28-24(25-22)17-7-9-19(26)10-8-17/h7,9,11-12,15-17H,3-6,8,10,13-14H2,1-2H3. The average Bonchev–Trinajstić information content (AvgIpc) is 3.32. The number of ether oxygens (including phenoxy) is 1. The number of nitrogens with zero attached hydrogens (tertiary/aromatic N) is 1. The third kappa shape index (κ3) is 3.91. The van der Waals surface area contributed by atoms with Gasteiger partial charge in [0.25, 0.3) is 0 Å². The molecule has 2 unspecified atom stereocenters. The summed E-state index contributed by atoms with van der Waals surface area (Å²) < 4.78 is 12.0. The molecule has 1 heterocycles. The molecular formula is C24H29NO3. The van der Waals surface area contributed by atoms with Crippen LogP contribution in [0.2, 0.25) is 0 Å². The SMILES string of the molecule is CCc1oc(C2C=CC(=O)CC2)nc1CCOc1ccc2c(c1)CCC2CC. The third-order valence-corrected chi connectivity index (χ3v) is 6.07. The summed E-state index contributed by atoms with van der Waals surface area (Å²) in [6.07, 6.45) is 10.1. The lowest BCUT2D eigenvalue weighted by atomic mass is 9.95. The fourth-order valence-electron chi connectivity index (χ4n) is 4.40. The maximum absolute atomic E-state index is 11.4. The molecule has 0 fully saturated rings. The van der Waals surface area contributed by atoms with Crippen molar-refractivity contribution in [2.45, 2.75) is 70.6 Å². The number of oxazole rings is 1. The fraction of sp³-hybridized carbons (Fsp3) is 0.500. The number of hydrogen-bond acceptors (Lipinski definition) is 4. The van der Waals surface area contributed by atoms with Crippen molar-refractivity contribution in [2.24, 2.45) is 0 Å². The zero-order chi connectivity index (χ0) is 19.5. The highest BCUT2D eigenvalue weighted by molar-refractivity contribution is 5.90. The maximum atomic E-state index is 11.4. The minimum atomic E-state index is 0.112. The van der Waals surface area contributed by atoms with Gasteiger partial charge in [0.2, 0.25) is 5.89 Å². The Balaban J connectivity index is 1.39. The molecule has 2 atom stereocenters. The molecule has 0 aliphatic heterocycles. The molecule has 4 rings (SSSR count). The van der Waals surface area contributed by atoms with Gasteiger partial charge >= 0.3 is 0 Å². The molecule has 0 amide bonds. The van der Waals surface area contributed by atoms with Gasteiger partial charge in [-0.05, 0) is 60.9 Å². The van der Waals surface area contributed by atoms with E-state index in [4.69, 9.17) is 14.1 Å². The summed E-state index contributed by atoms with van der Waals surface area (Å²) in [5.41, 5.74) is 3.93. The molecule has 0 saturated heterocycles. The van der Waals surface area contributed by atoms with Crippen LogP contribution in [0.1, 0.15) is 79.8 Å². The van der Waals surface area contributed by atoms with E-state index in [1.165, 1.54) is 24.0 Å². The van der Waals surface area contributed by atoms with E-state index in [9.17, 15) is 4.79 Å². The van der Waals surface area contributed by atoms with E-state index in [1.807, 2.05) is 6.08 Å². The van der Waals surface area contributed by atoms with Gasteiger partial charge in [0.1, 0.15) is 11.5 Å². The summed E-state index contributed by atoms with van der Waals surface area (Å²) in [4.78, 5) is 16.1. The molecule has 2 aliphatic rings. The van der Waals surface area contributed by atoms with Crippen LogP contribution < -0.4 is 4.74 Å². The first-order chi connectivity index (χ1) is 13.7. The van der Waals surface area contributed by atoms with Crippen LogP contribution >= 0.6 is 0 Å². The number of hydrogen-bond donors (Lipinski definition) is 0. The molecule has 0 spiro atoms. The van der Waals surface area contributed by atoms with Crippen LogP contribution in [-0.2, 0) is 24.1 Å². The van der Waals surface area contributed by atoms with Crippen molar-refractivity contribution in [3.63, 3.8) is 0 Å². The predicted octanol–water partition coefficient (Wildman–Crippen LogP) is 5.30. The van der Waals surface area contributed by atoms with E-state index in [1.54, 1.807) is 6.08 Å². The van der Waals surface area contributed by atoms with Gasteiger partial charge in [-0.25, -0.2) is 4.98 Å². The lowest BCUT2D eigenvalue weighted by molar-refractivity contribution is -0.115. The molecule has 0 bridgehead atoms. The van der Waals surface area contributed by atoms with Crippen molar-refractivity contribution in [2.75, 3.05) is 6.61 Å². The summed E-state index contributed by atoms with van der Waals surface area (Å²) >= 11 is 0. The minimum Gasteiger partial charge on any atom is -0.493 e. The lowest BCUT2D eigenvalue weighted by Gasteiger charge is -2.11. The normalized spacial score (nSPS) is 21.1. The Morgan fingerprint density at radius 3 is 2.86 bits per heavy atom. The second-order valence-corrected chi connectivity index (χ2v) is 7.85. The van der Waals surface area contributed by atoms with Crippen molar-refractivity contribution >= 4 is 5.78 Å². The van der Waals surface area contributed by atoms with E-state index >= 15 is 0 Å². The minimum absolute atomic E-state index is 0.112. The molecule has 2 aliphatic carbocycles. The predicted molar refractivity (Wildman–Crippen MR) is 109 cm³/mol. The van der Waals surface area contributed by atoms with Crippen LogP contribution in [0.5, 0.6) is 5.75 Å². The summed E-state index contributed by atoms with van der Waals surface area (Å²) in [7, 11) is 0. The number of fused-ring (bicyclic) bond motifs is 1. The Morgan fingerprint density at radius 1 is 1.21 bits per heavy atom. The van der Waals surface area contributed by atoms with Crippen molar-refractivity contribution < 1.29 is 13.9 Å². The maximum Gasteiger partial charge on any atom is 0.201 e. The number of carbonyl (C=O) groups is 1. The Bertz CT molecular complexity index is 880. The number of allylic oxidation sites excluding steroid dienone is 2. The van der Waals surface area contributed by atoms with Crippen LogP contribution in [0.3, 0.4) is 0 Å². The smallest absolute Gasteiger partial charge is 0.201 e. The molecule has 1 aromatic heterocycles. The average molecular weight is 380 g/mol. The van der Waals surface area contributed by atoms with Crippen LogP contribution in [0.25, 0.3) is 0 Å². The van der Waals surface area contributed by atoms with Crippen molar-refractivity contribution in [3.05, 3.63) is 58.8 Å². The molecule has 0 radical (unpaired) electrons. The zero-order valence-corrected chi connectivity index (χ0v) is 16.9. The highest BCUT2D eigenvalue weighted by atomic mass is 16.5. The third-order valence-electron chi connectivity index (χ3n) is 6.07. The van der Waals surface area contributed by atoms with Gasteiger partial charge in [-0.2, -0.15) is 0 Å². The first kappa shape index (κ1) is 19.0. The molecule has 28 heavy (non-hydrogen) atoms. The number of aryl methyl sites for hydroxylation is 2. The number of rotatable bonds is 7. The first-order valence-electron chi connectivity index (χ1n) is 10.6. The van der Waals surface area contributed by atoms with Crippen LogP contribution in [0, 0.1) is 0 Å². The summed E-state index contributed by atoms with van der Waals surface area (Å²) in [6, 6.07) is 6.56. The van der Waals surface area contributed by atoms with E-state index in [2.05, 4.69) is 32.0 Å².